The Morgan fingerprint density at radius 1 is 1.29 bits per heavy atom. The van der Waals surface area contributed by atoms with E-state index in [4.69, 9.17) is 0 Å². The van der Waals surface area contributed by atoms with Gasteiger partial charge in [-0.25, -0.2) is 0 Å². The molecule has 17 heavy (non-hydrogen) atoms. The number of benzene rings is 1. The van der Waals surface area contributed by atoms with Gasteiger partial charge in [0.15, 0.2) is 11.6 Å². The van der Waals surface area contributed by atoms with Gasteiger partial charge in [0.05, 0.1) is 13.5 Å². The normalized spacial score (nSPS) is 10.5. The molecule has 0 saturated heterocycles. The molecule has 2 rings (SSSR count). The summed E-state index contributed by atoms with van der Waals surface area (Å²) in [6, 6.07) is 7.63. The van der Waals surface area contributed by atoms with Crippen molar-refractivity contribution in [3.63, 3.8) is 0 Å². The van der Waals surface area contributed by atoms with Crippen molar-refractivity contribution >= 4 is 5.78 Å². The maximum absolute atomic E-state index is 11.9. The van der Waals surface area contributed by atoms with E-state index >= 15 is 0 Å². The molecule has 0 saturated carbocycles. The fourth-order valence-corrected chi connectivity index (χ4v) is 1.57. The summed E-state index contributed by atoms with van der Waals surface area (Å²) >= 11 is 0. The third kappa shape index (κ3) is 2.75. The number of hydrogen-bond donors (Lipinski definition) is 0. The molecule has 0 radical (unpaired) electrons. The summed E-state index contributed by atoms with van der Waals surface area (Å²) < 4.78 is 0. The van der Waals surface area contributed by atoms with Gasteiger partial charge in [0.25, 0.3) is 0 Å². The van der Waals surface area contributed by atoms with E-state index in [-0.39, 0.29) is 12.2 Å². The minimum atomic E-state index is 0.0145. The number of aryl methyl sites for hydroxylation is 2. The van der Waals surface area contributed by atoms with Crippen molar-refractivity contribution in [1.82, 2.24) is 20.2 Å². The molecule has 0 atom stereocenters. The Balaban J connectivity index is 2.09. The van der Waals surface area contributed by atoms with Crippen molar-refractivity contribution in [2.45, 2.75) is 19.8 Å². The van der Waals surface area contributed by atoms with Crippen molar-refractivity contribution in [1.29, 1.82) is 0 Å². The van der Waals surface area contributed by atoms with Crippen LogP contribution < -0.4 is 0 Å². The highest BCUT2D eigenvalue weighted by molar-refractivity contribution is 5.97. The molecule has 88 valence electrons. The van der Waals surface area contributed by atoms with Crippen LogP contribution in [0.25, 0.3) is 0 Å². The zero-order valence-electron chi connectivity index (χ0n) is 9.92. The Morgan fingerprint density at radius 2 is 2.00 bits per heavy atom. The molecule has 5 nitrogen and oxygen atoms in total. The first-order chi connectivity index (χ1) is 8.19. The lowest BCUT2D eigenvalue weighted by Crippen LogP contribution is -2.05. The van der Waals surface area contributed by atoms with Gasteiger partial charge in [0, 0.05) is 5.56 Å². The van der Waals surface area contributed by atoms with Crippen molar-refractivity contribution in [3.05, 3.63) is 41.2 Å². The summed E-state index contributed by atoms with van der Waals surface area (Å²) in [7, 11) is 1.68. The predicted molar refractivity (Wildman–Crippen MR) is 62.7 cm³/mol. The largest absolute Gasteiger partial charge is 0.294 e. The molecule has 1 aromatic carbocycles. The average Bonchev–Trinajstić information content (AvgIpc) is 2.75. The second kappa shape index (κ2) is 4.86. The molecule has 0 bridgehead atoms. The van der Waals surface area contributed by atoms with Crippen LogP contribution >= 0.6 is 0 Å². The van der Waals surface area contributed by atoms with E-state index in [0.717, 1.165) is 6.42 Å². The van der Waals surface area contributed by atoms with Crippen molar-refractivity contribution in [2.75, 3.05) is 0 Å². The number of nitrogens with zero attached hydrogens (tertiary/aromatic N) is 4. The minimum absolute atomic E-state index is 0.0145. The summed E-state index contributed by atoms with van der Waals surface area (Å²) in [4.78, 5) is 13.3. The van der Waals surface area contributed by atoms with Crippen LogP contribution in [-0.4, -0.2) is 26.0 Å². The predicted octanol–water partition coefficient (Wildman–Crippen LogP) is 1.20. The van der Waals surface area contributed by atoms with Gasteiger partial charge >= 0.3 is 0 Å². The van der Waals surface area contributed by atoms with Gasteiger partial charge in [0.1, 0.15) is 0 Å². The number of aromatic nitrogens is 4. The average molecular weight is 230 g/mol. The fourth-order valence-electron chi connectivity index (χ4n) is 1.57. The SMILES string of the molecule is CCc1ccc(C(=O)Cc2nnn(C)n2)cc1. The van der Waals surface area contributed by atoms with Crippen LogP contribution in [0.1, 0.15) is 28.7 Å². The van der Waals surface area contributed by atoms with Crippen LogP contribution in [-0.2, 0) is 19.9 Å². The molecule has 0 fully saturated rings. The lowest BCUT2D eigenvalue weighted by molar-refractivity contribution is 0.0990. The first-order valence-corrected chi connectivity index (χ1v) is 5.54. The van der Waals surface area contributed by atoms with Crippen LogP contribution in [0.5, 0.6) is 0 Å². The molecular weight excluding hydrogens is 216 g/mol. The molecule has 1 aromatic heterocycles. The number of Topliss-reactive ketones (excluding diaryl/α,β-unsaturated/α-hetero) is 1. The maximum atomic E-state index is 11.9. The van der Waals surface area contributed by atoms with Crippen LogP contribution in [0.3, 0.4) is 0 Å². The van der Waals surface area contributed by atoms with E-state index in [1.54, 1.807) is 7.05 Å². The zero-order valence-corrected chi connectivity index (χ0v) is 9.92. The van der Waals surface area contributed by atoms with Crippen LogP contribution in [0, 0.1) is 0 Å². The molecule has 2 aromatic rings. The Kier molecular flexibility index (Phi) is 3.27. The zero-order chi connectivity index (χ0) is 12.3. The summed E-state index contributed by atoms with van der Waals surface area (Å²) in [6.45, 7) is 2.08. The van der Waals surface area contributed by atoms with E-state index < -0.39 is 0 Å². The third-order valence-corrected chi connectivity index (χ3v) is 2.55. The Hall–Kier alpha value is -2.04. The molecule has 0 aliphatic carbocycles. The molecule has 0 unspecified atom stereocenters. The molecule has 0 aliphatic heterocycles. The van der Waals surface area contributed by atoms with Gasteiger partial charge < -0.3 is 0 Å². The van der Waals surface area contributed by atoms with Gasteiger partial charge in [-0.3, -0.25) is 4.79 Å². The van der Waals surface area contributed by atoms with Gasteiger partial charge in [-0.15, -0.1) is 10.2 Å². The van der Waals surface area contributed by atoms with Gasteiger partial charge in [-0.2, -0.15) is 4.80 Å². The number of ketones is 1. The fraction of sp³-hybridized carbons (Fsp3) is 0.333. The van der Waals surface area contributed by atoms with Gasteiger partial charge in [0.2, 0.25) is 0 Å². The van der Waals surface area contributed by atoms with E-state index in [9.17, 15) is 4.79 Å². The molecule has 0 aliphatic rings. The summed E-state index contributed by atoms with van der Waals surface area (Å²) in [6.07, 6.45) is 1.17. The monoisotopic (exact) mass is 230 g/mol. The molecular formula is C12H14N4O. The molecule has 0 N–H and O–H groups in total. The number of hydrogen-bond acceptors (Lipinski definition) is 4. The Labute approximate surface area is 99.5 Å². The quantitative estimate of drug-likeness (QED) is 0.740. The minimum Gasteiger partial charge on any atom is -0.294 e. The number of rotatable bonds is 4. The van der Waals surface area contributed by atoms with Gasteiger partial charge in [-0.1, -0.05) is 31.2 Å². The van der Waals surface area contributed by atoms with E-state index in [1.807, 2.05) is 24.3 Å². The smallest absolute Gasteiger partial charge is 0.182 e. The number of carbonyl (C=O) groups excluding carboxylic acids is 1. The van der Waals surface area contributed by atoms with Crippen LogP contribution in [0.15, 0.2) is 24.3 Å². The Bertz CT molecular complexity index is 516. The van der Waals surface area contributed by atoms with E-state index in [0.29, 0.717) is 11.4 Å². The number of carbonyl (C=O) groups is 1. The highest BCUT2D eigenvalue weighted by atomic mass is 16.1. The van der Waals surface area contributed by atoms with E-state index in [1.165, 1.54) is 10.4 Å². The van der Waals surface area contributed by atoms with Crippen LogP contribution in [0.2, 0.25) is 0 Å². The highest BCUT2D eigenvalue weighted by Crippen LogP contribution is 2.07. The lowest BCUT2D eigenvalue weighted by Gasteiger charge is -2.00. The second-order valence-corrected chi connectivity index (χ2v) is 3.85. The molecule has 5 heteroatoms. The topological polar surface area (TPSA) is 60.7 Å². The summed E-state index contributed by atoms with van der Waals surface area (Å²) in [5.41, 5.74) is 1.91. The van der Waals surface area contributed by atoms with Crippen molar-refractivity contribution in [3.8, 4) is 0 Å². The van der Waals surface area contributed by atoms with E-state index in [2.05, 4.69) is 22.3 Å². The molecule has 0 amide bonds. The lowest BCUT2D eigenvalue weighted by atomic mass is 10.0. The first kappa shape index (κ1) is 11.4. The molecule has 0 spiro atoms. The number of tetrazole rings is 1. The van der Waals surface area contributed by atoms with Crippen molar-refractivity contribution < 1.29 is 4.79 Å². The summed E-state index contributed by atoms with van der Waals surface area (Å²) in [5, 5.41) is 11.5. The standard InChI is InChI=1S/C12H14N4O/c1-3-9-4-6-10(7-5-9)11(17)8-12-13-15-16(2)14-12/h4-7H,3,8H2,1-2H3. The summed E-state index contributed by atoms with van der Waals surface area (Å²) in [5.74, 6) is 0.470. The first-order valence-electron chi connectivity index (χ1n) is 5.54. The highest BCUT2D eigenvalue weighted by Gasteiger charge is 2.10. The van der Waals surface area contributed by atoms with Gasteiger partial charge in [-0.05, 0) is 17.2 Å². The Morgan fingerprint density at radius 3 is 2.53 bits per heavy atom. The third-order valence-electron chi connectivity index (χ3n) is 2.55. The maximum Gasteiger partial charge on any atom is 0.182 e. The van der Waals surface area contributed by atoms with Crippen molar-refractivity contribution in [2.24, 2.45) is 7.05 Å². The molecule has 1 heterocycles. The second-order valence-electron chi connectivity index (χ2n) is 3.85. The van der Waals surface area contributed by atoms with Crippen LogP contribution in [0.4, 0.5) is 0 Å².